The molecule has 3 saturated heterocycles. The molecule has 4 aromatic rings. The number of hydrogen-bond donors (Lipinski definition) is 4. The maximum atomic E-state index is 13.2. The number of fused-ring (bicyclic) bond motifs is 1. The molecule has 0 bridgehead atoms. The average molecular weight is 832 g/mol. The SMILES string of the molecule is C=C(CN1CCC(C(F)(F)F)C1)C(=O)N[C@@H]1CCCN(Cc2ccnc(C(=O)Nc3ccc(-c4cc5c(N6CCOCC6)ncnc5[nH]4)cc3)c2)C1.O=C(O)C(F)(F)F. The highest BCUT2D eigenvalue weighted by molar-refractivity contribution is 6.03. The van der Waals surface area contributed by atoms with Gasteiger partial charge in [-0.15, -0.1) is 0 Å². The highest BCUT2D eigenvalue weighted by Gasteiger charge is 2.43. The number of amides is 2. The van der Waals surface area contributed by atoms with Crippen LogP contribution in [0, 0.1) is 5.92 Å². The second kappa shape index (κ2) is 18.5. The van der Waals surface area contributed by atoms with Gasteiger partial charge in [0.15, 0.2) is 0 Å². The molecule has 6 heterocycles. The number of likely N-dealkylation sites (tertiary alicyclic amines) is 2. The number of ether oxygens (including phenoxy) is 1. The Morgan fingerprint density at radius 2 is 1.64 bits per heavy atom. The number of aromatic amines is 1. The third kappa shape index (κ3) is 11.5. The number of nitrogens with one attached hydrogen (secondary N) is 3. The number of carbonyl (C=O) groups is 3. The van der Waals surface area contributed by atoms with Crippen molar-refractivity contribution in [3.8, 4) is 11.3 Å². The lowest BCUT2D eigenvalue weighted by atomic mass is 10.0. The van der Waals surface area contributed by atoms with Gasteiger partial charge < -0.3 is 30.4 Å². The predicted octanol–water partition coefficient (Wildman–Crippen LogP) is 5.26. The van der Waals surface area contributed by atoms with E-state index in [4.69, 9.17) is 14.6 Å². The van der Waals surface area contributed by atoms with Gasteiger partial charge in [-0.1, -0.05) is 18.7 Å². The minimum atomic E-state index is -5.08. The third-order valence-corrected chi connectivity index (χ3v) is 10.2. The van der Waals surface area contributed by atoms with Crippen molar-refractivity contribution >= 4 is 40.3 Å². The summed E-state index contributed by atoms with van der Waals surface area (Å²) in [5.41, 5.74) is 4.70. The molecule has 3 aliphatic rings. The zero-order chi connectivity index (χ0) is 42.3. The van der Waals surface area contributed by atoms with E-state index in [9.17, 15) is 35.9 Å². The molecule has 3 fully saturated rings. The van der Waals surface area contributed by atoms with Gasteiger partial charge in [0, 0.05) is 68.5 Å². The molecule has 7 rings (SSSR count). The van der Waals surface area contributed by atoms with Gasteiger partial charge in [-0.25, -0.2) is 14.8 Å². The van der Waals surface area contributed by atoms with Gasteiger partial charge >= 0.3 is 18.3 Å². The Kier molecular flexibility index (Phi) is 13.5. The molecule has 3 aromatic heterocycles. The lowest BCUT2D eigenvalue weighted by Gasteiger charge is -2.33. The number of morpholine rings is 1. The lowest BCUT2D eigenvalue weighted by molar-refractivity contribution is -0.192. The number of piperidine rings is 1. The Labute approximate surface area is 334 Å². The minimum Gasteiger partial charge on any atom is -0.475 e. The van der Waals surface area contributed by atoms with E-state index >= 15 is 0 Å². The van der Waals surface area contributed by atoms with Crippen molar-refractivity contribution in [3.05, 3.63) is 78.4 Å². The first-order chi connectivity index (χ1) is 28.0. The lowest BCUT2D eigenvalue weighted by Crippen LogP contribution is -2.48. The van der Waals surface area contributed by atoms with Crippen LogP contribution in [0.1, 0.15) is 35.3 Å². The molecule has 0 radical (unpaired) electrons. The van der Waals surface area contributed by atoms with Crippen LogP contribution >= 0.6 is 0 Å². The highest BCUT2D eigenvalue weighted by Crippen LogP contribution is 2.34. The Hall–Kier alpha value is -5.60. The summed E-state index contributed by atoms with van der Waals surface area (Å²) in [7, 11) is 0. The van der Waals surface area contributed by atoms with E-state index in [-0.39, 0.29) is 42.9 Å². The number of rotatable bonds is 10. The summed E-state index contributed by atoms with van der Waals surface area (Å²) >= 11 is 0. The summed E-state index contributed by atoms with van der Waals surface area (Å²) in [5.74, 6) is -3.89. The molecular formula is C39H43F6N9O5. The fourth-order valence-corrected chi connectivity index (χ4v) is 7.18. The van der Waals surface area contributed by atoms with Crippen molar-refractivity contribution in [3.63, 3.8) is 0 Å². The fraction of sp³-hybridized carbons (Fsp3) is 0.436. The monoisotopic (exact) mass is 831 g/mol. The van der Waals surface area contributed by atoms with Crippen molar-refractivity contribution in [1.29, 1.82) is 0 Å². The number of aromatic nitrogens is 4. The van der Waals surface area contributed by atoms with Crippen molar-refractivity contribution < 1.29 is 50.6 Å². The molecule has 316 valence electrons. The highest BCUT2D eigenvalue weighted by atomic mass is 19.4. The smallest absolute Gasteiger partial charge is 0.475 e. The number of hydrogen-bond acceptors (Lipinski definition) is 10. The van der Waals surface area contributed by atoms with Gasteiger partial charge in [0.25, 0.3) is 5.91 Å². The summed E-state index contributed by atoms with van der Waals surface area (Å²) in [6, 6.07) is 13.1. The molecule has 2 atom stereocenters. The first-order valence-corrected chi connectivity index (χ1v) is 18.9. The van der Waals surface area contributed by atoms with Gasteiger partial charge in [-0.05, 0) is 73.8 Å². The minimum absolute atomic E-state index is 0.0435. The van der Waals surface area contributed by atoms with Crippen molar-refractivity contribution in [2.75, 3.05) is 69.2 Å². The van der Waals surface area contributed by atoms with E-state index in [2.05, 4.69) is 46.9 Å². The van der Waals surface area contributed by atoms with Crippen LogP contribution in [0.15, 0.2) is 67.1 Å². The number of halogens is 6. The molecule has 2 amide bonds. The van der Waals surface area contributed by atoms with Gasteiger partial charge in [0.2, 0.25) is 5.91 Å². The fourth-order valence-electron chi connectivity index (χ4n) is 7.18. The number of benzene rings is 1. The van der Waals surface area contributed by atoms with Crippen LogP contribution in [0.25, 0.3) is 22.3 Å². The molecule has 3 aliphatic heterocycles. The van der Waals surface area contributed by atoms with Gasteiger partial charge in [0.05, 0.1) is 24.5 Å². The first kappa shape index (κ1) is 43.0. The Bertz CT molecular complexity index is 2120. The second-order valence-corrected chi connectivity index (χ2v) is 14.5. The Morgan fingerprint density at radius 1 is 0.915 bits per heavy atom. The summed E-state index contributed by atoms with van der Waals surface area (Å²) in [6.45, 7) is 9.04. The third-order valence-electron chi connectivity index (χ3n) is 10.2. The number of alkyl halides is 6. The number of H-pyrrole nitrogens is 1. The van der Waals surface area contributed by atoms with Gasteiger partial charge in [-0.2, -0.15) is 26.3 Å². The van der Waals surface area contributed by atoms with Crippen molar-refractivity contribution in [2.45, 2.75) is 44.2 Å². The Balaban J connectivity index is 0.000000768. The van der Waals surface area contributed by atoms with Gasteiger partial charge in [0.1, 0.15) is 23.5 Å². The van der Waals surface area contributed by atoms with Crippen LogP contribution in [-0.2, 0) is 20.9 Å². The van der Waals surface area contributed by atoms with E-state index in [1.54, 1.807) is 23.5 Å². The van der Waals surface area contributed by atoms with Crippen LogP contribution in [0.4, 0.5) is 37.8 Å². The molecule has 20 heteroatoms. The summed E-state index contributed by atoms with van der Waals surface area (Å²) in [6.07, 6.45) is -4.42. The number of aliphatic carboxylic acids is 1. The molecule has 0 spiro atoms. The maximum absolute atomic E-state index is 13.2. The van der Waals surface area contributed by atoms with Crippen molar-refractivity contribution in [1.82, 2.24) is 35.1 Å². The molecule has 0 aliphatic carbocycles. The van der Waals surface area contributed by atoms with E-state index in [0.717, 1.165) is 66.1 Å². The number of carboxylic acid groups (broad SMARTS) is 1. The van der Waals surface area contributed by atoms with Crippen LogP contribution in [0.2, 0.25) is 0 Å². The molecular weight excluding hydrogens is 788 g/mol. The number of nitrogens with zero attached hydrogens (tertiary/aromatic N) is 6. The number of anilines is 2. The summed E-state index contributed by atoms with van der Waals surface area (Å²) < 4.78 is 76.4. The Morgan fingerprint density at radius 3 is 2.32 bits per heavy atom. The van der Waals surface area contributed by atoms with Crippen LogP contribution < -0.4 is 15.5 Å². The molecule has 0 saturated carbocycles. The molecule has 4 N–H and O–H groups in total. The number of pyridine rings is 1. The van der Waals surface area contributed by atoms with Crippen LogP contribution in [0.3, 0.4) is 0 Å². The largest absolute Gasteiger partial charge is 0.490 e. The second-order valence-electron chi connectivity index (χ2n) is 14.5. The zero-order valence-electron chi connectivity index (χ0n) is 31.8. The maximum Gasteiger partial charge on any atom is 0.490 e. The normalized spacial score (nSPS) is 19.2. The van der Waals surface area contributed by atoms with Crippen LogP contribution in [0.5, 0.6) is 0 Å². The average Bonchev–Trinajstić information content (AvgIpc) is 3.87. The zero-order valence-corrected chi connectivity index (χ0v) is 31.8. The topological polar surface area (TPSA) is 169 Å². The van der Waals surface area contributed by atoms with Gasteiger partial charge in [-0.3, -0.25) is 24.4 Å². The molecule has 1 unspecified atom stereocenters. The summed E-state index contributed by atoms with van der Waals surface area (Å²) in [4.78, 5) is 57.7. The molecule has 14 nitrogen and oxygen atoms in total. The molecule has 1 aromatic carbocycles. The van der Waals surface area contributed by atoms with Crippen LogP contribution in [-0.4, -0.2) is 130 Å². The quantitative estimate of drug-likeness (QED) is 0.122. The molecule has 59 heavy (non-hydrogen) atoms. The van der Waals surface area contributed by atoms with E-state index in [1.807, 2.05) is 36.4 Å². The van der Waals surface area contributed by atoms with E-state index in [1.165, 1.54) is 0 Å². The van der Waals surface area contributed by atoms with E-state index in [0.29, 0.717) is 44.2 Å². The standard InChI is InChI=1S/C37H42F3N9O3.C2HF3O2/c1-24(19-48-12-9-27(21-48)37(38,39)40)35(50)45-29-3-2-11-47(22-29)20-25-8-10-41-32(17-25)36(51)44-28-6-4-26(5-7-28)31-18-30-33(46-31)42-23-43-34(30)49-13-15-52-16-14-49;3-2(4,5)1(6)7/h4-8,10,17-18,23,27,29H,1-3,9,11-16,19-22H2,(H,44,51)(H,45,50)(H,42,43,46);(H,6,7)/t27?,29-;/m1./s1. The number of carboxylic acids is 1. The van der Waals surface area contributed by atoms with Crippen molar-refractivity contribution in [2.24, 2.45) is 5.92 Å². The van der Waals surface area contributed by atoms with E-state index < -0.39 is 24.2 Å². The number of carbonyl (C=O) groups excluding carboxylic acids is 2. The predicted molar refractivity (Wildman–Crippen MR) is 204 cm³/mol. The summed E-state index contributed by atoms with van der Waals surface area (Å²) in [5, 5.41) is 14.0. The first-order valence-electron chi connectivity index (χ1n) is 18.9.